The first-order valence-corrected chi connectivity index (χ1v) is 12.4. The summed E-state index contributed by atoms with van der Waals surface area (Å²) in [4.78, 5) is 27.6. The van der Waals surface area contributed by atoms with Crippen LogP contribution in [-0.2, 0) is 15.0 Å². The van der Waals surface area contributed by atoms with Gasteiger partial charge in [0.2, 0.25) is 11.8 Å². The van der Waals surface area contributed by atoms with Crippen LogP contribution in [0, 0.1) is 6.92 Å². The van der Waals surface area contributed by atoms with Crippen molar-refractivity contribution in [2.24, 2.45) is 0 Å². The van der Waals surface area contributed by atoms with Gasteiger partial charge >= 0.3 is 0 Å². The molecule has 0 aliphatic rings. The van der Waals surface area contributed by atoms with Crippen LogP contribution in [0.25, 0.3) is 5.69 Å². The van der Waals surface area contributed by atoms with Gasteiger partial charge in [-0.1, -0.05) is 72.4 Å². The molecule has 0 unspecified atom stereocenters. The summed E-state index contributed by atoms with van der Waals surface area (Å²) in [5.41, 5.74) is 2.76. The van der Waals surface area contributed by atoms with Crippen molar-refractivity contribution in [2.75, 3.05) is 18.4 Å². The number of unbranched alkanes of at least 4 members (excludes halogenated alkanes) is 4. The molecular weight excluding hydrogens is 412 g/mol. The van der Waals surface area contributed by atoms with Crippen LogP contribution in [0.15, 0.2) is 30.3 Å². The van der Waals surface area contributed by atoms with E-state index in [1.807, 2.05) is 37.3 Å². The Bertz CT molecular complexity index is 911. The highest BCUT2D eigenvalue weighted by Crippen LogP contribution is 2.26. The lowest BCUT2D eigenvalue weighted by Crippen LogP contribution is -2.38. The number of aromatic nitrogens is 2. The van der Waals surface area contributed by atoms with Crippen molar-refractivity contribution in [2.45, 2.75) is 91.9 Å². The van der Waals surface area contributed by atoms with Crippen LogP contribution in [0.4, 0.5) is 5.82 Å². The molecule has 2 rings (SSSR count). The van der Waals surface area contributed by atoms with Crippen LogP contribution in [-0.4, -0.2) is 39.6 Å². The summed E-state index contributed by atoms with van der Waals surface area (Å²) in [6.45, 7) is 13.3. The van der Waals surface area contributed by atoms with E-state index in [0.717, 1.165) is 55.5 Å². The van der Waals surface area contributed by atoms with Crippen molar-refractivity contribution in [3.8, 4) is 5.69 Å². The van der Waals surface area contributed by atoms with Crippen molar-refractivity contribution in [3.05, 3.63) is 41.6 Å². The van der Waals surface area contributed by atoms with Gasteiger partial charge in [0.15, 0.2) is 0 Å². The van der Waals surface area contributed by atoms with Gasteiger partial charge in [-0.3, -0.25) is 9.59 Å². The smallest absolute Gasteiger partial charge is 0.245 e. The molecule has 0 atom stereocenters. The summed E-state index contributed by atoms with van der Waals surface area (Å²) in [7, 11) is 0. The Labute approximate surface area is 199 Å². The Morgan fingerprint density at radius 1 is 1.03 bits per heavy atom. The zero-order valence-electron chi connectivity index (χ0n) is 21.4. The summed E-state index contributed by atoms with van der Waals surface area (Å²) in [6.07, 6.45) is 6.52. The number of benzene rings is 1. The Kier molecular flexibility index (Phi) is 10.1. The number of nitrogens with one attached hydrogen (secondary N) is 1. The highest BCUT2D eigenvalue weighted by atomic mass is 16.2. The van der Waals surface area contributed by atoms with Gasteiger partial charge in [-0.15, -0.1) is 0 Å². The lowest BCUT2D eigenvalue weighted by atomic mass is 9.92. The van der Waals surface area contributed by atoms with Crippen LogP contribution < -0.4 is 5.32 Å². The van der Waals surface area contributed by atoms with Gasteiger partial charge in [-0.25, -0.2) is 4.68 Å². The van der Waals surface area contributed by atoms with Crippen molar-refractivity contribution >= 4 is 17.6 Å². The predicted octanol–water partition coefficient (Wildman–Crippen LogP) is 6.02. The van der Waals surface area contributed by atoms with E-state index >= 15 is 0 Å². The molecule has 0 aliphatic carbocycles. The lowest BCUT2D eigenvalue weighted by Gasteiger charge is -2.22. The number of nitrogens with zero attached hydrogens (tertiary/aromatic N) is 3. The van der Waals surface area contributed by atoms with Gasteiger partial charge in [-0.05, 0) is 37.5 Å². The molecule has 1 heterocycles. The summed E-state index contributed by atoms with van der Waals surface area (Å²) in [6, 6.07) is 9.98. The van der Waals surface area contributed by atoms with E-state index in [2.05, 4.69) is 39.9 Å². The number of hydrogen-bond donors (Lipinski definition) is 1. The third-order valence-electron chi connectivity index (χ3n) is 5.70. The van der Waals surface area contributed by atoms with Crippen molar-refractivity contribution < 1.29 is 9.59 Å². The molecule has 0 fully saturated rings. The molecule has 0 radical (unpaired) electrons. The Morgan fingerprint density at radius 2 is 1.73 bits per heavy atom. The van der Waals surface area contributed by atoms with Crippen LogP contribution >= 0.6 is 0 Å². The molecule has 0 aliphatic heterocycles. The van der Waals surface area contributed by atoms with Crippen LogP contribution in [0.2, 0.25) is 0 Å². The van der Waals surface area contributed by atoms with Gasteiger partial charge in [0.25, 0.3) is 0 Å². The fraction of sp³-hybridized carbons (Fsp3) is 0.593. The zero-order valence-corrected chi connectivity index (χ0v) is 21.4. The molecule has 2 amide bonds. The second kappa shape index (κ2) is 12.6. The zero-order chi connectivity index (χ0) is 24.4. The predicted molar refractivity (Wildman–Crippen MR) is 136 cm³/mol. The number of carbonyl (C=O) groups is 2. The lowest BCUT2D eigenvalue weighted by molar-refractivity contribution is -0.134. The average Bonchev–Trinajstić information content (AvgIpc) is 3.17. The van der Waals surface area contributed by atoms with Gasteiger partial charge < -0.3 is 10.2 Å². The Hall–Kier alpha value is -2.63. The maximum Gasteiger partial charge on any atom is 0.245 e. The molecule has 1 aromatic carbocycles. The van der Waals surface area contributed by atoms with E-state index in [0.29, 0.717) is 18.8 Å². The minimum atomic E-state index is -0.190. The van der Waals surface area contributed by atoms with Crippen molar-refractivity contribution in [3.63, 3.8) is 0 Å². The van der Waals surface area contributed by atoms with Crippen LogP contribution in [0.1, 0.15) is 90.8 Å². The normalized spacial score (nSPS) is 11.5. The monoisotopic (exact) mass is 454 g/mol. The second-order valence-electron chi connectivity index (χ2n) is 9.94. The SMILES string of the molecule is CCCCCC(=O)N(CCCCC)CC(=O)Nc1cc(C(C)(C)C)nn1-c1cccc(C)c1. The highest BCUT2D eigenvalue weighted by Gasteiger charge is 2.23. The molecule has 33 heavy (non-hydrogen) atoms. The number of anilines is 1. The fourth-order valence-electron chi connectivity index (χ4n) is 3.68. The molecule has 2 aromatic rings. The maximum absolute atomic E-state index is 13.1. The van der Waals surface area contributed by atoms with Gasteiger partial charge in [0.1, 0.15) is 5.82 Å². The third-order valence-corrected chi connectivity index (χ3v) is 5.70. The molecule has 182 valence electrons. The number of amides is 2. The Morgan fingerprint density at radius 3 is 2.36 bits per heavy atom. The van der Waals surface area contributed by atoms with E-state index in [1.165, 1.54) is 0 Å². The van der Waals surface area contributed by atoms with E-state index < -0.39 is 0 Å². The topological polar surface area (TPSA) is 67.2 Å². The summed E-state index contributed by atoms with van der Waals surface area (Å²) in [5.74, 6) is 0.504. The number of rotatable bonds is 12. The molecule has 6 nitrogen and oxygen atoms in total. The van der Waals surface area contributed by atoms with E-state index in [-0.39, 0.29) is 23.8 Å². The average molecular weight is 455 g/mol. The minimum absolute atomic E-state index is 0.0669. The second-order valence-corrected chi connectivity index (χ2v) is 9.94. The quantitative estimate of drug-likeness (QED) is 0.399. The van der Waals surface area contributed by atoms with Crippen LogP contribution in [0.3, 0.4) is 0 Å². The summed E-state index contributed by atoms with van der Waals surface area (Å²) >= 11 is 0. The molecule has 0 saturated heterocycles. The summed E-state index contributed by atoms with van der Waals surface area (Å²) < 4.78 is 1.79. The molecule has 1 N–H and O–H groups in total. The largest absolute Gasteiger partial charge is 0.333 e. The van der Waals surface area contributed by atoms with Crippen LogP contribution in [0.5, 0.6) is 0 Å². The van der Waals surface area contributed by atoms with Gasteiger partial charge in [-0.2, -0.15) is 5.10 Å². The maximum atomic E-state index is 13.1. The molecule has 0 spiro atoms. The van der Waals surface area contributed by atoms with Crippen molar-refractivity contribution in [1.29, 1.82) is 0 Å². The molecule has 0 saturated carbocycles. The number of carbonyl (C=O) groups excluding carboxylic acids is 2. The van der Waals surface area contributed by atoms with E-state index in [1.54, 1.807) is 9.58 Å². The highest BCUT2D eigenvalue weighted by molar-refractivity contribution is 5.94. The number of aryl methyl sites for hydroxylation is 1. The minimum Gasteiger partial charge on any atom is -0.333 e. The standard InChI is InChI=1S/C27H42N4O2/c1-7-9-11-16-26(33)30(17-12-10-8-2)20-25(32)28-24-19-23(27(4,5)6)29-31(24)22-15-13-14-21(3)18-22/h13-15,18-19H,7-12,16-17,20H2,1-6H3,(H,28,32). The molecule has 0 bridgehead atoms. The Balaban J connectivity index is 2.21. The number of hydrogen-bond acceptors (Lipinski definition) is 3. The summed E-state index contributed by atoms with van der Waals surface area (Å²) in [5, 5.41) is 7.82. The van der Waals surface area contributed by atoms with Gasteiger partial charge in [0, 0.05) is 24.4 Å². The third kappa shape index (κ3) is 8.34. The molecule has 6 heteroatoms. The van der Waals surface area contributed by atoms with E-state index in [4.69, 9.17) is 5.10 Å². The van der Waals surface area contributed by atoms with Crippen molar-refractivity contribution in [1.82, 2.24) is 14.7 Å². The fourth-order valence-corrected chi connectivity index (χ4v) is 3.68. The molecular formula is C27H42N4O2. The van der Waals surface area contributed by atoms with Gasteiger partial charge in [0.05, 0.1) is 17.9 Å². The first-order chi connectivity index (χ1) is 15.7. The first-order valence-electron chi connectivity index (χ1n) is 12.4. The first kappa shape index (κ1) is 26.6. The van der Waals surface area contributed by atoms with E-state index in [9.17, 15) is 9.59 Å². The molecule has 1 aromatic heterocycles.